The minimum Gasteiger partial charge on any atom is -0.497 e. The van der Waals surface area contributed by atoms with E-state index in [1.807, 2.05) is 65.8 Å². The maximum atomic E-state index is 13.8. The summed E-state index contributed by atoms with van der Waals surface area (Å²) in [6.07, 6.45) is -0.161. The maximum Gasteiger partial charge on any atom is 0.308 e. The summed E-state index contributed by atoms with van der Waals surface area (Å²) < 4.78 is 10.3. The van der Waals surface area contributed by atoms with E-state index in [1.165, 1.54) is 0 Å². The Kier molecular flexibility index (Phi) is 7.40. The number of ether oxygens (including phenoxy) is 2. The number of hydrogen-bond acceptors (Lipinski definition) is 5. The molecule has 2 atom stereocenters. The van der Waals surface area contributed by atoms with Crippen LogP contribution in [0.3, 0.4) is 0 Å². The van der Waals surface area contributed by atoms with Gasteiger partial charge in [0.25, 0.3) is 0 Å². The zero-order valence-electron chi connectivity index (χ0n) is 20.0. The van der Waals surface area contributed by atoms with Crippen LogP contribution in [-0.2, 0) is 25.7 Å². The Morgan fingerprint density at radius 3 is 2.03 bits per heavy atom. The van der Waals surface area contributed by atoms with Crippen molar-refractivity contribution in [3.63, 3.8) is 0 Å². The number of esters is 1. The number of amides is 2. The first-order chi connectivity index (χ1) is 14.3. The van der Waals surface area contributed by atoms with Crippen LogP contribution in [0.1, 0.15) is 60.5 Å². The van der Waals surface area contributed by atoms with E-state index in [0.717, 1.165) is 11.3 Å². The summed E-state index contributed by atoms with van der Waals surface area (Å²) in [5.41, 5.74) is -0.229. The summed E-state index contributed by atoms with van der Waals surface area (Å²) in [4.78, 5) is 43.0. The summed E-state index contributed by atoms with van der Waals surface area (Å²) in [7, 11) is 1.60. The Bertz CT molecular complexity index is 805. The third kappa shape index (κ3) is 5.57. The summed E-state index contributed by atoms with van der Waals surface area (Å²) in [6, 6.07) is 5.87. The minimum atomic E-state index is -0.900. The minimum absolute atomic E-state index is 0.151. The van der Waals surface area contributed by atoms with E-state index >= 15 is 0 Å². The summed E-state index contributed by atoms with van der Waals surface area (Å²) in [6.45, 7) is 13.7. The predicted octanol–water partition coefficient (Wildman–Crippen LogP) is 3.40. The monoisotopic (exact) mass is 432 g/mol. The van der Waals surface area contributed by atoms with Gasteiger partial charge >= 0.3 is 5.97 Å². The molecule has 0 spiro atoms. The molecular formula is C24H36N2O5. The molecule has 7 nitrogen and oxygen atoms in total. The van der Waals surface area contributed by atoms with Gasteiger partial charge in [0, 0.05) is 12.1 Å². The molecule has 1 fully saturated rings. The van der Waals surface area contributed by atoms with Gasteiger partial charge in [-0.15, -0.1) is 0 Å². The highest BCUT2D eigenvalue weighted by molar-refractivity contribution is 5.99. The topological polar surface area (TPSA) is 76.1 Å². The first kappa shape index (κ1) is 24.7. The molecule has 0 aromatic heterocycles. The van der Waals surface area contributed by atoms with Crippen molar-refractivity contribution in [1.82, 2.24) is 9.80 Å². The number of piperazine rings is 1. The number of nitrogens with zero attached hydrogens (tertiary/aromatic N) is 2. The van der Waals surface area contributed by atoms with Crippen LogP contribution in [0.4, 0.5) is 0 Å². The molecule has 31 heavy (non-hydrogen) atoms. The Labute approximate surface area is 185 Å². The van der Waals surface area contributed by atoms with Crippen molar-refractivity contribution < 1.29 is 23.9 Å². The number of carbonyl (C=O) groups is 3. The lowest BCUT2D eigenvalue weighted by molar-refractivity contribution is -0.176. The average molecular weight is 433 g/mol. The van der Waals surface area contributed by atoms with Crippen LogP contribution in [0, 0.1) is 5.41 Å². The van der Waals surface area contributed by atoms with Crippen molar-refractivity contribution in [3.8, 4) is 5.75 Å². The van der Waals surface area contributed by atoms with Gasteiger partial charge in [0.15, 0.2) is 0 Å². The van der Waals surface area contributed by atoms with E-state index < -0.39 is 29.0 Å². The largest absolute Gasteiger partial charge is 0.497 e. The number of benzene rings is 1. The predicted molar refractivity (Wildman–Crippen MR) is 118 cm³/mol. The molecular weight excluding hydrogens is 396 g/mol. The van der Waals surface area contributed by atoms with Crippen LogP contribution in [0.2, 0.25) is 0 Å². The zero-order chi connectivity index (χ0) is 23.6. The Morgan fingerprint density at radius 1 is 1.00 bits per heavy atom. The van der Waals surface area contributed by atoms with Crippen molar-refractivity contribution >= 4 is 17.8 Å². The molecule has 0 N–H and O–H groups in total. The maximum absolute atomic E-state index is 13.8. The van der Waals surface area contributed by atoms with Gasteiger partial charge in [0.1, 0.15) is 17.8 Å². The standard InChI is InChI=1S/C24H36N2O5/c1-9-31-19(27)14-18-21(28)25(15-16-10-12-17(30-8)13-11-16)20(23(2,3)4)22(29)26(18)24(5,6)7/h10-13,18,20H,9,14-15H2,1-8H3/t18-,20-/m0/s1. The highest BCUT2D eigenvalue weighted by Gasteiger charge is 2.53. The van der Waals surface area contributed by atoms with Crippen LogP contribution in [0.25, 0.3) is 0 Å². The van der Waals surface area contributed by atoms with Gasteiger partial charge in [-0.3, -0.25) is 14.4 Å². The highest BCUT2D eigenvalue weighted by Crippen LogP contribution is 2.36. The lowest BCUT2D eigenvalue weighted by atomic mass is 9.80. The number of methoxy groups -OCH3 is 1. The van der Waals surface area contributed by atoms with Gasteiger partial charge in [-0.25, -0.2) is 0 Å². The molecule has 0 saturated carbocycles. The molecule has 0 radical (unpaired) electrons. The fourth-order valence-corrected chi connectivity index (χ4v) is 4.14. The second-order valence-corrected chi connectivity index (χ2v) is 9.99. The fraction of sp³-hybridized carbons (Fsp3) is 0.625. The smallest absolute Gasteiger partial charge is 0.308 e. The molecule has 0 unspecified atom stereocenters. The van der Waals surface area contributed by atoms with Gasteiger partial charge in [0.2, 0.25) is 11.8 Å². The van der Waals surface area contributed by atoms with E-state index in [4.69, 9.17) is 9.47 Å². The SMILES string of the molecule is CCOC(=O)C[C@H]1C(=O)N(Cc2ccc(OC)cc2)[C@H](C(C)(C)C)C(=O)N1C(C)(C)C. The lowest BCUT2D eigenvalue weighted by Crippen LogP contribution is -2.71. The molecule has 1 aromatic rings. The van der Waals surface area contributed by atoms with Gasteiger partial charge < -0.3 is 19.3 Å². The first-order valence-electron chi connectivity index (χ1n) is 10.7. The fourth-order valence-electron chi connectivity index (χ4n) is 4.14. The van der Waals surface area contributed by atoms with Crippen molar-refractivity contribution in [2.45, 2.75) is 79.1 Å². The average Bonchev–Trinajstić information content (AvgIpc) is 2.64. The van der Waals surface area contributed by atoms with Crippen molar-refractivity contribution in [2.75, 3.05) is 13.7 Å². The third-order valence-electron chi connectivity index (χ3n) is 5.38. The highest BCUT2D eigenvalue weighted by atomic mass is 16.5. The normalized spacial score (nSPS) is 20.1. The van der Waals surface area contributed by atoms with Gasteiger partial charge in [-0.2, -0.15) is 0 Å². The van der Waals surface area contributed by atoms with Gasteiger partial charge in [0.05, 0.1) is 20.1 Å². The van der Waals surface area contributed by atoms with E-state index in [0.29, 0.717) is 0 Å². The molecule has 1 aliphatic rings. The molecule has 1 saturated heterocycles. The Morgan fingerprint density at radius 2 is 1.58 bits per heavy atom. The van der Waals surface area contributed by atoms with Crippen LogP contribution >= 0.6 is 0 Å². The van der Waals surface area contributed by atoms with Crippen LogP contribution in [0.5, 0.6) is 5.75 Å². The number of carbonyl (C=O) groups excluding carboxylic acids is 3. The van der Waals surface area contributed by atoms with Gasteiger partial charge in [-0.1, -0.05) is 32.9 Å². The lowest BCUT2D eigenvalue weighted by Gasteiger charge is -2.53. The van der Waals surface area contributed by atoms with E-state index in [-0.39, 0.29) is 31.4 Å². The van der Waals surface area contributed by atoms with E-state index in [9.17, 15) is 14.4 Å². The molecule has 0 bridgehead atoms. The second-order valence-electron chi connectivity index (χ2n) is 9.99. The second kappa shape index (κ2) is 9.28. The Hall–Kier alpha value is -2.57. The quantitative estimate of drug-likeness (QED) is 0.644. The summed E-state index contributed by atoms with van der Waals surface area (Å²) in [5, 5.41) is 0. The van der Waals surface area contributed by atoms with Crippen molar-refractivity contribution in [3.05, 3.63) is 29.8 Å². The number of rotatable bonds is 6. The van der Waals surface area contributed by atoms with Crippen molar-refractivity contribution in [2.24, 2.45) is 5.41 Å². The summed E-state index contributed by atoms with van der Waals surface area (Å²) >= 11 is 0. The molecule has 172 valence electrons. The molecule has 0 aliphatic carbocycles. The van der Waals surface area contributed by atoms with Crippen LogP contribution in [0.15, 0.2) is 24.3 Å². The van der Waals surface area contributed by atoms with E-state index in [2.05, 4.69) is 0 Å². The molecule has 1 aliphatic heterocycles. The van der Waals surface area contributed by atoms with Gasteiger partial charge in [-0.05, 0) is 50.8 Å². The molecule has 1 aromatic carbocycles. The number of hydrogen-bond donors (Lipinski definition) is 0. The third-order valence-corrected chi connectivity index (χ3v) is 5.38. The molecule has 2 rings (SSSR count). The molecule has 2 amide bonds. The van der Waals surface area contributed by atoms with E-state index in [1.54, 1.807) is 23.8 Å². The Balaban J connectivity index is 2.50. The van der Waals surface area contributed by atoms with Crippen molar-refractivity contribution in [1.29, 1.82) is 0 Å². The molecule has 1 heterocycles. The molecule has 7 heteroatoms. The van der Waals surface area contributed by atoms with Crippen LogP contribution < -0.4 is 4.74 Å². The zero-order valence-corrected chi connectivity index (χ0v) is 20.0. The summed E-state index contributed by atoms with van der Waals surface area (Å²) in [5.74, 6) is -0.154. The van der Waals surface area contributed by atoms with Crippen LogP contribution in [-0.4, -0.2) is 58.9 Å². The first-order valence-corrected chi connectivity index (χ1v) is 10.7.